The van der Waals surface area contributed by atoms with Crippen molar-refractivity contribution in [3.05, 3.63) is 29.3 Å². The molecule has 0 unspecified atom stereocenters. The molecule has 0 bridgehead atoms. The number of rotatable bonds is 4. The van der Waals surface area contributed by atoms with Gasteiger partial charge in [-0.3, -0.25) is 0 Å². The average Bonchev–Trinajstić information content (AvgIpc) is 3.04. The summed E-state index contributed by atoms with van der Waals surface area (Å²) in [6.07, 6.45) is 1.42. The predicted octanol–water partition coefficient (Wildman–Crippen LogP) is 1.53. The standard InChI is InChI=1S/C14H15F2NO3S/c1-14(5-6-14)17-21(19,20)13-10(4-2-3-7-18)8-11(15)9-12(13)16/h8-9,17-18H,3,5-7H2,1H3. The Hall–Kier alpha value is -1.49. The highest BCUT2D eigenvalue weighted by molar-refractivity contribution is 7.89. The van der Waals surface area contributed by atoms with Crippen LogP contribution < -0.4 is 4.72 Å². The number of sulfonamides is 1. The molecule has 1 aromatic carbocycles. The van der Waals surface area contributed by atoms with Crippen LogP contribution >= 0.6 is 0 Å². The van der Waals surface area contributed by atoms with Crippen molar-refractivity contribution in [2.24, 2.45) is 0 Å². The van der Waals surface area contributed by atoms with E-state index in [0.29, 0.717) is 18.9 Å². The molecule has 0 saturated heterocycles. The number of nitrogens with one attached hydrogen (secondary N) is 1. The zero-order valence-corrected chi connectivity index (χ0v) is 12.2. The summed E-state index contributed by atoms with van der Waals surface area (Å²) in [7, 11) is -4.13. The molecular weight excluding hydrogens is 300 g/mol. The first-order chi connectivity index (χ1) is 9.77. The van der Waals surface area contributed by atoms with E-state index in [1.807, 2.05) is 0 Å². The SMILES string of the molecule is CC1(NS(=O)(=O)c2c(F)cc(F)cc2C#CCCO)CC1. The van der Waals surface area contributed by atoms with Crippen molar-refractivity contribution >= 4 is 10.0 Å². The lowest BCUT2D eigenvalue weighted by Gasteiger charge is -2.14. The van der Waals surface area contributed by atoms with Gasteiger partial charge in [0.15, 0.2) is 0 Å². The average molecular weight is 315 g/mol. The van der Waals surface area contributed by atoms with E-state index >= 15 is 0 Å². The Morgan fingerprint density at radius 1 is 1.38 bits per heavy atom. The molecular formula is C14H15F2NO3S. The van der Waals surface area contributed by atoms with Gasteiger partial charge in [0.25, 0.3) is 0 Å². The first kappa shape index (κ1) is 15.9. The summed E-state index contributed by atoms with van der Waals surface area (Å²) in [5, 5.41) is 8.66. The molecule has 0 aromatic heterocycles. The van der Waals surface area contributed by atoms with Gasteiger partial charge < -0.3 is 5.11 Å². The van der Waals surface area contributed by atoms with E-state index in [4.69, 9.17) is 5.11 Å². The minimum atomic E-state index is -4.13. The third kappa shape index (κ3) is 3.79. The first-order valence-corrected chi connectivity index (χ1v) is 7.88. The van der Waals surface area contributed by atoms with Gasteiger partial charge in [-0.1, -0.05) is 11.8 Å². The molecule has 21 heavy (non-hydrogen) atoms. The fraction of sp³-hybridized carbons (Fsp3) is 0.429. The Bertz CT molecular complexity index is 716. The molecule has 0 aliphatic heterocycles. The van der Waals surface area contributed by atoms with E-state index in [0.717, 1.165) is 6.07 Å². The highest BCUT2D eigenvalue weighted by atomic mass is 32.2. The molecule has 1 fully saturated rings. The van der Waals surface area contributed by atoms with Crippen LogP contribution in [0, 0.1) is 23.5 Å². The number of hydrogen-bond acceptors (Lipinski definition) is 3. The van der Waals surface area contributed by atoms with Crippen LogP contribution in [0.2, 0.25) is 0 Å². The van der Waals surface area contributed by atoms with Crippen molar-refractivity contribution in [2.45, 2.75) is 36.6 Å². The van der Waals surface area contributed by atoms with Crippen LogP contribution in [-0.4, -0.2) is 25.7 Å². The molecule has 114 valence electrons. The van der Waals surface area contributed by atoms with Gasteiger partial charge in [0.1, 0.15) is 16.5 Å². The number of aliphatic hydroxyl groups is 1. The molecule has 0 radical (unpaired) electrons. The van der Waals surface area contributed by atoms with Crippen molar-refractivity contribution in [2.75, 3.05) is 6.61 Å². The second kappa shape index (κ2) is 5.72. The molecule has 2 rings (SSSR count). The van der Waals surface area contributed by atoms with E-state index < -0.39 is 32.1 Å². The van der Waals surface area contributed by atoms with E-state index in [1.165, 1.54) is 0 Å². The molecule has 0 amide bonds. The molecule has 2 N–H and O–H groups in total. The minimum Gasteiger partial charge on any atom is -0.395 e. The number of benzene rings is 1. The molecule has 1 aliphatic rings. The van der Waals surface area contributed by atoms with Gasteiger partial charge in [0, 0.05) is 18.0 Å². The normalized spacial score (nSPS) is 16.2. The summed E-state index contributed by atoms with van der Waals surface area (Å²) < 4.78 is 54.2. The lowest BCUT2D eigenvalue weighted by atomic mass is 10.2. The number of halogens is 2. The second-order valence-electron chi connectivity index (χ2n) is 5.21. The third-order valence-electron chi connectivity index (χ3n) is 3.12. The minimum absolute atomic E-state index is 0.0861. The monoisotopic (exact) mass is 315 g/mol. The fourth-order valence-corrected chi connectivity index (χ4v) is 3.48. The highest BCUT2D eigenvalue weighted by Crippen LogP contribution is 2.36. The lowest BCUT2D eigenvalue weighted by Crippen LogP contribution is -2.35. The summed E-state index contributed by atoms with van der Waals surface area (Å²) >= 11 is 0. The molecule has 4 nitrogen and oxygen atoms in total. The van der Waals surface area contributed by atoms with Crippen LogP contribution in [0.5, 0.6) is 0 Å². The number of aliphatic hydroxyl groups excluding tert-OH is 1. The van der Waals surface area contributed by atoms with Crippen molar-refractivity contribution in [3.8, 4) is 11.8 Å². The van der Waals surface area contributed by atoms with Crippen molar-refractivity contribution in [1.82, 2.24) is 4.72 Å². The summed E-state index contributed by atoms with van der Waals surface area (Å²) in [5.41, 5.74) is -0.826. The van der Waals surface area contributed by atoms with Gasteiger partial charge in [0.2, 0.25) is 10.0 Å². The van der Waals surface area contributed by atoms with Crippen LogP contribution in [0.15, 0.2) is 17.0 Å². The Morgan fingerprint density at radius 2 is 2.05 bits per heavy atom. The van der Waals surface area contributed by atoms with E-state index in [2.05, 4.69) is 16.6 Å². The Balaban J connectivity index is 2.49. The maximum absolute atomic E-state index is 13.9. The fourth-order valence-electron chi connectivity index (χ4n) is 1.80. The van der Waals surface area contributed by atoms with Crippen LogP contribution in [-0.2, 0) is 10.0 Å². The summed E-state index contributed by atoms with van der Waals surface area (Å²) in [6, 6.07) is 1.39. The third-order valence-corrected chi connectivity index (χ3v) is 4.83. The Kier molecular flexibility index (Phi) is 4.33. The summed E-state index contributed by atoms with van der Waals surface area (Å²) in [6.45, 7) is 1.49. The van der Waals surface area contributed by atoms with Crippen molar-refractivity contribution in [1.29, 1.82) is 0 Å². The zero-order valence-electron chi connectivity index (χ0n) is 11.4. The smallest absolute Gasteiger partial charge is 0.245 e. The largest absolute Gasteiger partial charge is 0.395 e. The van der Waals surface area contributed by atoms with Gasteiger partial charge in [0.05, 0.1) is 12.2 Å². The van der Waals surface area contributed by atoms with Gasteiger partial charge in [-0.25, -0.2) is 21.9 Å². The van der Waals surface area contributed by atoms with Gasteiger partial charge in [-0.15, -0.1) is 0 Å². The van der Waals surface area contributed by atoms with Crippen LogP contribution in [0.1, 0.15) is 31.7 Å². The first-order valence-electron chi connectivity index (χ1n) is 6.40. The lowest BCUT2D eigenvalue weighted by molar-refractivity contribution is 0.305. The van der Waals surface area contributed by atoms with Gasteiger partial charge >= 0.3 is 0 Å². The summed E-state index contributed by atoms with van der Waals surface area (Å²) in [5.74, 6) is 2.78. The topological polar surface area (TPSA) is 66.4 Å². The molecule has 0 heterocycles. The van der Waals surface area contributed by atoms with E-state index in [9.17, 15) is 17.2 Å². The van der Waals surface area contributed by atoms with Crippen LogP contribution in [0.25, 0.3) is 0 Å². The quantitative estimate of drug-likeness (QED) is 0.828. The van der Waals surface area contributed by atoms with Gasteiger partial charge in [-0.05, 0) is 25.8 Å². The van der Waals surface area contributed by atoms with Crippen LogP contribution in [0.3, 0.4) is 0 Å². The number of hydrogen-bond donors (Lipinski definition) is 2. The highest BCUT2D eigenvalue weighted by Gasteiger charge is 2.42. The van der Waals surface area contributed by atoms with Crippen molar-refractivity contribution in [3.63, 3.8) is 0 Å². The molecule has 7 heteroatoms. The Labute approximate surface area is 122 Å². The molecule has 1 aliphatic carbocycles. The van der Waals surface area contributed by atoms with Crippen LogP contribution in [0.4, 0.5) is 8.78 Å². The van der Waals surface area contributed by atoms with Crippen molar-refractivity contribution < 1.29 is 22.3 Å². The summed E-state index contributed by atoms with van der Waals surface area (Å²) in [4.78, 5) is -0.650. The maximum Gasteiger partial charge on any atom is 0.245 e. The van der Waals surface area contributed by atoms with Gasteiger partial charge in [-0.2, -0.15) is 0 Å². The predicted molar refractivity (Wildman–Crippen MR) is 72.9 cm³/mol. The Morgan fingerprint density at radius 3 is 2.62 bits per heavy atom. The maximum atomic E-state index is 13.9. The zero-order chi connectivity index (χ0) is 15.7. The molecule has 0 atom stereocenters. The second-order valence-corrected chi connectivity index (χ2v) is 6.83. The molecule has 1 saturated carbocycles. The van der Waals surface area contributed by atoms with E-state index in [-0.39, 0.29) is 18.6 Å². The molecule has 0 spiro atoms. The van der Waals surface area contributed by atoms with E-state index in [1.54, 1.807) is 6.92 Å². The molecule has 1 aromatic rings.